The van der Waals surface area contributed by atoms with Crippen LogP contribution in [0.15, 0.2) is 30.7 Å². The second kappa shape index (κ2) is 13.7. The third kappa shape index (κ3) is 7.17. The predicted molar refractivity (Wildman–Crippen MR) is 175 cm³/mol. The number of rotatable bonds is 11. The topological polar surface area (TPSA) is 111 Å². The van der Waals surface area contributed by atoms with Crippen LogP contribution >= 0.6 is 0 Å². The second-order valence-corrected chi connectivity index (χ2v) is 15.6. The van der Waals surface area contributed by atoms with Gasteiger partial charge in [-0.25, -0.2) is 14.4 Å². The normalized spacial score (nSPS) is 23.6. The molecule has 0 unspecified atom stereocenters. The number of carbonyl (C=O) groups is 1. The molecule has 6 rings (SSSR count). The van der Waals surface area contributed by atoms with E-state index in [9.17, 15) is 17.6 Å². The van der Waals surface area contributed by atoms with Crippen molar-refractivity contribution in [3.8, 4) is 11.5 Å². The number of anilines is 1. The third-order valence-corrected chi connectivity index (χ3v) is 12.1. The van der Waals surface area contributed by atoms with Crippen LogP contribution in [0.4, 0.5) is 10.2 Å². The number of aromatic nitrogens is 2. The van der Waals surface area contributed by atoms with Crippen molar-refractivity contribution in [3.63, 3.8) is 0 Å². The van der Waals surface area contributed by atoms with Gasteiger partial charge in [0.2, 0.25) is 0 Å². The summed E-state index contributed by atoms with van der Waals surface area (Å²) in [6.45, 7) is 12.5. The lowest BCUT2D eigenvalue weighted by molar-refractivity contribution is 0.0617. The van der Waals surface area contributed by atoms with Crippen molar-refractivity contribution >= 4 is 21.9 Å². The fraction of sp³-hybridized carbons (Fsp3) is 0.667. The van der Waals surface area contributed by atoms with Crippen LogP contribution in [0, 0.1) is 17.2 Å². The number of piperidine rings is 1. The summed E-state index contributed by atoms with van der Waals surface area (Å²) in [7, 11) is -3.31. The SMILES string of the molecule is CCN(C(=O)c1cc(F)ccc1Oc1cncnc1N1CC2(CCN(C[C@H]3CC[C@H](NS(=O)(=O)N4CCC4)CC3)CC2)C1)C(C)C. The molecule has 3 aliphatic heterocycles. The van der Waals surface area contributed by atoms with Crippen molar-refractivity contribution < 1.29 is 22.3 Å². The predicted octanol–water partition coefficient (Wildman–Crippen LogP) is 4.28. The van der Waals surface area contributed by atoms with Crippen molar-refractivity contribution in [2.75, 3.05) is 57.3 Å². The van der Waals surface area contributed by atoms with Gasteiger partial charge >= 0.3 is 0 Å². The maximum Gasteiger partial charge on any atom is 0.279 e. The molecular weight excluding hydrogens is 609 g/mol. The maximum absolute atomic E-state index is 14.3. The molecule has 252 valence electrons. The molecule has 1 spiro atoms. The molecule has 46 heavy (non-hydrogen) atoms. The highest BCUT2D eigenvalue weighted by Gasteiger charge is 2.46. The van der Waals surface area contributed by atoms with Gasteiger partial charge in [-0.2, -0.15) is 17.4 Å². The number of amides is 1. The van der Waals surface area contributed by atoms with Crippen molar-refractivity contribution in [2.45, 2.75) is 77.8 Å². The molecule has 1 aromatic carbocycles. The number of likely N-dealkylation sites (tertiary alicyclic amines) is 1. The van der Waals surface area contributed by atoms with Crippen LogP contribution in [-0.4, -0.2) is 103 Å². The lowest BCUT2D eigenvalue weighted by Gasteiger charge is -2.54. The van der Waals surface area contributed by atoms with Crippen LogP contribution in [0.25, 0.3) is 0 Å². The average molecular weight is 658 g/mol. The number of benzene rings is 1. The number of ether oxygens (including phenoxy) is 1. The Morgan fingerprint density at radius 2 is 1.83 bits per heavy atom. The minimum atomic E-state index is -3.31. The number of nitrogens with zero attached hydrogens (tertiary/aromatic N) is 6. The number of halogens is 1. The van der Waals surface area contributed by atoms with E-state index < -0.39 is 16.0 Å². The number of carbonyl (C=O) groups excluding carboxylic acids is 1. The summed E-state index contributed by atoms with van der Waals surface area (Å²) in [6.07, 6.45) is 10.3. The van der Waals surface area contributed by atoms with Gasteiger partial charge in [-0.05, 0) is 103 Å². The minimum Gasteiger partial charge on any atom is -0.451 e. The van der Waals surface area contributed by atoms with E-state index in [0.29, 0.717) is 37.1 Å². The van der Waals surface area contributed by atoms with E-state index in [1.54, 1.807) is 15.4 Å². The molecule has 13 heteroatoms. The van der Waals surface area contributed by atoms with Gasteiger partial charge in [0.15, 0.2) is 11.6 Å². The van der Waals surface area contributed by atoms with Gasteiger partial charge < -0.3 is 19.4 Å². The molecule has 3 saturated heterocycles. The average Bonchev–Trinajstić information content (AvgIpc) is 2.97. The van der Waals surface area contributed by atoms with E-state index in [2.05, 4.69) is 24.5 Å². The summed E-state index contributed by atoms with van der Waals surface area (Å²) < 4.78 is 49.9. The van der Waals surface area contributed by atoms with Gasteiger partial charge in [0.1, 0.15) is 17.9 Å². The van der Waals surface area contributed by atoms with Gasteiger partial charge in [0.25, 0.3) is 16.1 Å². The maximum atomic E-state index is 14.3. The molecule has 1 saturated carbocycles. The zero-order valence-corrected chi connectivity index (χ0v) is 28.1. The summed E-state index contributed by atoms with van der Waals surface area (Å²) in [4.78, 5) is 28.5. The van der Waals surface area contributed by atoms with E-state index in [4.69, 9.17) is 4.74 Å². The lowest BCUT2D eigenvalue weighted by atomic mass is 9.71. The molecule has 4 heterocycles. The Labute approximate surface area is 272 Å². The van der Waals surface area contributed by atoms with Gasteiger partial charge in [0, 0.05) is 56.8 Å². The molecule has 4 fully saturated rings. The van der Waals surface area contributed by atoms with Crippen LogP contribution in [-0.2, 0) is 10.2 Å². The molecule has 1 N–H and O–H groups in total. The lowest BCUT2D eigenvalue weighted by Crippen LogP contribution is -2.61. The highest BCUT2D eigenvalue weighted by Crippen LogP contribution is 2.45. The largest absolute Gasteiger partial charge is 0.451 e. The fourth-order valence-corrected chi connectivity index (χ4v) is 9.02. The van der Waals surface area contributed by atoms with Gasteiger partial charge in [0.05, 0.1) is 11.8 Å². The first-order valence-electron chi connectivity index (χ1n) is 16.9. The Bertz CT molecular complexity index is 1480. The zero-order chi connectivity index (χ0) is 32.5. The third-order valence-electron chi connectivity index (χ3n) is 10.4. The Hall–Kier alpha value is -2.87. The van der Waals surface area contributed by atoms with Gasteiger partial charge in [-0.15, -0.1) is 0 Å². The molecule has 0 atom stereocenters. The summed E-state index contributed by atoms with van der Waals surface area (Å²) in [5, 5.41) is 0. The number of nitrogens with one attached hydrogen (secondary N) is 1. The highest BCUT2D eigenvalue weighted by atomic mass is 32.2. The summed E-state index contributed by atoms with van der Waals surface area (Å²) in [5.41, 5.74) is 0.417. The molecular formula is C33H48FN7O4S. The molecule has 11 nitrogen and oxygen atoms in total. The van der Waals surface area contributed by atoms with Gasteiger partial charge in [-0.1, -0.05) is 0 Å². The molecule has 1 aliphatic carbocycles. The van der Waals surface area contributed by atoms with E-state index >= 15 is 0 Å². The molecule has 1 aromatic heterocycles. The standard InChI is InChI=1S/C33H48FN7O4S/c1-4-41(24(2)3)32(42)28-18-26(34)8-11-29(28)45-30-19-35-23-36-31(30)39-21-33(22-39)12-16-38(17-13-33)20-25-6-9-27(10-7-25)37-46(43,44)40-14-5-15-40/h8,11,18-19,23-25,27,37H,4-7,9-10,12-17,20-22H2,1-3H3/t25-,27-. The minimum absolute atomic E-state index is 0.0359. The van der Waals surface area contributed by atoms with Crippen LogP contribution in [0.3, 0.4) is 0 Å². The van der Waals surface area contributed by atoms with Crippen LogP contribution in [0.2, 0.25) is 0 Å². The molecule has 2 aromatic rings. The van der Waals surface area contributed by atoms with E-state index in [1.165, 1.54) is 24.5 Å². The highest BCUT2D eigenvalue weighted by molar-refractivity contribution is 7.87. The van der Waals surface area contributed by atoms with Crippen molar-refractivity contribution in [2.24, 2.45) is 11.3 Å². The monoisotopic (exact) mass is 657 g/mol. The molecule has 4 aliphatic rings. The van der Waals surface area contributed by atoms with Crippen molar-refractivity contribution in [1.29, 1.82) is 0 Å². The first-order chi connectivity index (χ1) is 22.1. The molecule has 0 bridgehead atoms. The Morgan fingerprint density at radius 3 is 2.46 bits per heavy atom. The van der Waals surface area contributed by atoms with Crippen molar-refractivity contribution in [3.05, 3.63) is 42.1 Å². The quantitative estimate of drug-likeness (QED) is 0.382. The van der Waals surface area contributed by atoms with Crippen LogP contribution in [0.5, 0.6) is 11.5 Å². The zero-order valence-electron chi connectivity index (χ0n) is 27.3. The first-order valence-corrected chi connectivity index (χ1v) is 18.3. The smallest absolute Gasteiger partial charge is 0.279 e. The van der Waals surface area contributed by atoms with Gasteiger partial charge in [-0.3, -0.25) is 4.79 Å². The molecule has 0 radical (unpaired) electrons. The fourth-order valence-electron chi connectivity index (χ4n) is 7.47. The Kier molecular flexibility index (Phi) is 9.84. The Balaban J connectivity index is 1.01. The van der Waals surface area contributed by atoms with Crippen LogP contribution in [0.1, 0.15) is 76.1 Å². The van der Waals surface area contributed by atoms with E-state index in [-0.39, 0.29) is 34.7 Å². The van der Waals surface area contributed by atoms with E-state index in [1.807, 2.05) is 20.8 Å². The van der Waals surface area contributed by atoms with E-state index in [0.717, 1.165) is 77.7 Å². The summed E-state index contributed by atoms with van der Waals surface area (Å²) >= 11 is 0. The Morgan fingerprint density at radius 1 is 1.11 bits per heavy atom. The van der Waals surface area contributed by atoms with Crippen LogP contribution < -0.4 is 14.4 Å². The number of hydrogen-bond acceptors (Lipinski definition) is 8. The second-order valence-electron chi connectivity index (χ2n) is 13.9. The summed E-state index contributed by atoms with van der Waals surface area (Å²) in [5.74, 6) is 1.27. The summed E-state index contributed by atoms with van der Waals surface area (Å²) in [6, 6.07) is 4.06. The molecule has 1 amide bonds. The first kappa shape index (κ1) is 33.0. The number of hydrogen-bond donors (Lipinski definition) is 1. The van der Waals surface area contributed by atoms with Crippen molar-refractivity contribution in [1.82, 2.24) is 28.8 Å².